The second-order valence-electron chi connectivity index (χ2n) is 4.69. The van der Waals surface area contributed by atoms with Crippen molar-refractivity contribution in [2.45, 2.75) is 46.3 Å². The average molecular weight is 302 g/mol. The molecule has 0 amide bonds. The summed E-state index contributed by atoms with van der Waals surface area (Å²) < 4.78 is 9.31. The van der Waals surface area contributed by atoms with Gasteiger partial charge in [0, 0.05) is 37.5 Å². The molecule has 1 atom stereocenters. The molecule has 0 aliphatic heterocycles. The fourth-order valence-electron chi connectivity index (χ4n) is 0.712. The van der Waals surface area contributed by atoms with Gasteiger partial charge in [-0.05, 0) is 13.8 Å². The SMILES string of the molecule is C=C(C)C(=O)OC(C)(O)CC.C=C(C)C(=O)OCCCO. The molecule has 6 heteroatoms. The van der Waals surface area contributed by atoms with Crippen molar-refractivity contribution < 1.29 is 29.3 Å². The van der Waals surface area contributed by atoms with Crippen LogP contribution in [-0.2, 0) is 19.1 Å². The lowest BCUT2D eigenvalue weighted by atomic mass is 10.2. The van der Waals surface area contributed by atoms with E-state index in [1.807, 2.05) is 0 Å². The topological polar surface area (TPSA) is 93.1 Å². The minimum Gasteiger partial charge on any atom is -0.462 e. The molecule has 0 saturated heterocycles. The Bertz CT molecular complexity index is 370. The number of hydrogen-bond acceptors (Lipinski definition) is 6. The lowest BCUT2D eigenvalue weighted by molar-refractivity contribution is -0.198. The molecule has 21 heavy (non-hydrogen) atoms. The Balaban J connectivity index is 0. The Labute approximate surface area is 126 Å². The van der Waals surface area contributed by atoms with Gasteiger partial charge in [-0.15, -0.1) is 0 Å². The number of rotatable bonds is 7. The number of hydrogen-bond donors (Lipinski definition) is 2. The molecule has 0 aromatic rings. The highest BCUT2D eigenvalue weighted by molar-refractivity contribution is 5.87. The standard InChI is InChI=1S/C8H14O3.C7H12O3/c1-5-8(4,10)11-7(9)6(2)3;1-6(2)7(9)10-5-3-4-8/h10H,2,5H2,1,3-4H3;8H,1,3-5H2,2H3. The number of carbonyl (C=O) groups excluding carboxylic acids is 2. The Morgan fingerprint density at radius 1 is 1.14 bits per heavy atom. The predicted molar refractivity (Wildman–Crippen MR) is 79.3 cm³/mol. The van der Waals surface area contributed by atoms with Gasteiger partial charge in [0.25, 0.3) is 0 Å². The maximum Gasteiger partial charge on any atom is 0.335 e. The summed E-state index contributed by atoms with van der Waals surface area (Å²) in [4.78, 5) is 21.4. The third-order valence-corrected chi connectivity index (χ3v) is 2.20. The van der Waals surface area contributed by atoms with Gasteiger partial charge in [0.15, 0.2) is 0 Å². The fourth-order valence-corrected chi connectivity index (χ4v) is 0.712. The van der Waals surface area contributed by atoms with Gasteiger partial charge in [0.1, 0.15) is 0 Å². The van der Waals surface area contributed by atoms with Crippen LogP contribution in [0.25, 0.3) is 0 Å². The van der Waals surface area contributed by atoms with Gasteiger partial charge >= 0.3 is 11.9 Å². The Hall–Kier alpha value is -1.66. The zero-order valence-electron chi connectivity index (χ0n) is 13.3. The summed E-state index contributed by atoms with van der Waals surface area (Å²) >= 11 is 0. The molecule has 0 bridgehead atoms. The predicted octanol–water partition coefficient (Wildman–Crippen LogP) is 1.71. The Kier molecular flexibility index (Phi) is 11.4. The molecule has 0 aromatic carbocycles. The normalized spacial score (nSPS) is 12.3. The summed E-state index contributed by atoms with van der Waals surface area (Å²) in [6.07, 6.45) is 0.852. The molecule has 0 fully saturated rings. The number of esters is 2. The van der Waals surface area contributed by atoms with Crippen LogP contribution in [0.3, 0.4) is 0 Å². The Morgan fingerprint density at radius 3 is 1.95 bits per heavy atom. The quantitative estimate of drug-likeness (QED) is 0.322. The van der Waals surface area contributed by atoms with Crippen molar-refractivity contribution in [1.29, 1.82) is 0 Å². The zero-order chi connectivity index (χ0) is 17.1. The van der Waals surface area contributed by atoms with Crippen LogP contribution in [0, 0.1) is 0 Å². The van der Waals surface area contributed by atoms with Crippen molar-refractivity contribution in [2.75, 3.05) is 13.2 Å². The highest BCUT2D eigenvalue weighted by atomic mass is 16.7. The van der Waals surface area contributed by atoms with Crippen LogP contribution in [0.4, 0.5) is 0 Å². The van der Waals surface area contributed by atoms with E-state index in [0.29, 0.717) is 24.0 Å². The minimum absolute atomic E-state index is 0.0451. The molecule has 0 aromatic heterocycles. The van der Waals surface area contributed by atoms with Gasteiger partial charge in [-0.25, -0.2) is 9.59 Å². The lowest BCUT2D eigenvalue weighted by Crippen LogP contribution is -2.30. The molecule has 0 aliphatic rings. The second kappa shape index (κ2) is 11.0. The van der Waals surface area contributed by atoms with Crippen molar-refractivity contribution >= 4 is 11.9 Å². The maximum absolute atomic E-state index is 10.8. The molecular formula is C15H26O6. The molecule has 1 unspecified atom stereocenters. The molecule has 0 rings (SSSR count). The molecule has 0 radical (unpaired) electrons. The van der Waals surface area contributed by atoms with E-state index in [2.05, 4.69) is 22.6 Å². The van der Waals surface area contributed by atoms with Gasteiger partial charge < -0.3 is 19.7 Å². The molecule has 6 nitrogen and oxygen atoms in total. The largest absolute Gasteiger partial charge is 0.462 e. The third-order valence-electron chi connectivity index (χ3n) is 2.20. The highest BCUT2D eigenvalue weighted by Gasteiger charge is 2.22. The van der Waals surface area contributed by atoms with Gasteiger partial charge in [-0.1, -0.05) is 20.1 Å². The van der Waals surface area contributed by atoms with Crippen LogP contribution >= 0.6 is 0 Å². The van der Waals surface area contributed by atoms with Gasteiger partial charge in [-0.3, -0.25) is 0 Å². The van der Waals surface area contributed by atoms with E-state index >= 15 is 0 Å². The first-order chi connectivity index (χ1) is 9.57. The van der Waals surface area contributed by atoms with E-state index in [0.717, 1.165) is 0 Å². The van der Waals surface area contributed by atoms with E-state index < -0.39 is 17.7 Å². The molecule has 0 saturated carbocycles. The van der Waals surface area contributed by atoms with Gasteiger partial charge in [0.05, 0.1) is 6.61 Å². The van der Waals surface area contributed by atoms with Crippen LogP contribution < -0.4 is 0 Å². The van der Waals surface area contributed by atoms with E-state index in [1.54, 1.807) is 13.8 Å². The monoisotopic (exact) mass is 302 g/mol. The summed E-state index contributed by atoms with van der Waals surface area (Å²) in [5.74, 6) is -2.32. The summed E-state index contributed by atoms with van der Waals surface area (Å²) in [6, 6.07) is 0. The van der Waals surface area contributed by atoms with Crippen molar-refractivity contribution in [3.8, 4) is 0 Å². The van der Waals surface area contributed by atoms with E-state index in [9.17, 15) is 14.7 Å². The Morgan fingerprint density at radius 2 is 1.62 bits per heavy atom. The third kappa shape index (κ3) is 13.1. The van der Waals surface area contributed by atoms with Gasteiger partial charge in [-0.2, -0.15) is 0 Å². The zero-order valence-corrected chi connectivity index (χ0v) is 13.3. The molecule has 0 spiro atoms. The first-order valence-corrected chi connectivity index (χ1v) is 6.62. The van der Waals surface area contributed by atoms with E-state index in [-0.39, 0.29) is 13.2 Å². The lowest BCUT2D eigenvalue weighted by Gasteiger charge is -2.21. The first kappa shape index (κ1) is 21.6. The smallest absolute Gasteiger partial charge is 0.335 e. The fraction of sp³-hybridized carbons (Fsp3) is 0.600. The second-order valence-corrected chi connectivity index (χ2v) is 4.69. The minimum atomic E-state index is -1.37. The van der Waals surface area contributed by atoms with Crippen molar-refractivity contribution in [1.82, 2.24) is 0 Å². The summed E-state index contributed by atoms with van der Waals surface area (Å²) in [5.41, 5.74) is 0.677. The van der Waals surface area contributed by atoms with Crippen LogP contribution in [0.5, 0.6) is 0 Å². The van der Waals surface area contributed by atoms with Crippen molar-refractivity contribution in [3.63, 3.8) is 0 Å². The van der Waals surface area contributed by atoms with Crippen LogP contribution in [0.15, 0.2) is 24.3 Å². The van der Waals surface area contributed by atoms with Crippen LogP contribution in [0.2, 0.25) is 0 Å². The van der Waals surface area contributed by atoms with Crippen LogP contribution in [0.1, 0.15) is 40.5 Å². The number of aliphatic hydroxyl groups excluding tert-OH is 1. The number of aliphatic hydroxyl groups is 2. The van der Waals surface area contributed by atoms with Crippen molar-refractivity contribution in [3.05, 3.63) is 24.3 Å². The molecule has 0 heterocycles. The van der Waals surface area contributed by atoms with Crippen LogP contribution in [-0.4, -0.2) is 41.2 Å². The number of ether oxygens (including phenoxy) is 2. The van der Waals surface area contributed by atoms with Gasteiger partial charge in [0.2, 0.25) is 5.79 Å². The molecule has 122 valence electrons. The summed E-state index contributed by atoms with van der Waals surface area (Å²) in [7, 11) is 0. The van der Waals surface area contributed by atoms with E-state index in [1.165, 1.54) is 13.8 Å². The number of carbonyl (C=O) groups is 2. The first-order valence-electron chi connectivity index (χ1n) is 6.62. The summed E-state index contributed by atoms with van der Waals surface area (Å²) in [5, 5.41) is 17.6. The molecule has 2 N–H and O–H groups in total. The van der Waals surface area contributed by atoms with E-state index in [4.69, 9.17) is 5.11 Å². The molecule has 0 aliphatic carbocycles. The van der Waals surface area contributed by atoms with Crippen molar-refractivity contribution in [2.24, 2.45) is 0 Å². The maximum atomic E-state index is 10.8. The highest BCUT2D eigenvalue weighted by Crippen LogP contribution is 2.12. The summed E-state index contributed by atoms with van der Waals surface area (Å²) in [6.45, 7) is 13.4. The average Bonchev–Trinajstić information content (AvgIpc) is 2.39. The molecular weight excluding hydrogens is 276 g/mol.